The number of carbonyl (C=O) groups is 1. The molecule has 3 rings (SSSR count). The number of carbonyl (C=O) groups excluding carboxylic acids is 1. The van der Waals surface area contributed by atoms with E-state index in [4.69, 9.17) is 16.3 Å². The van der Waals surface area contributed by atoms with Gasteiger partial charge in [-0.3, -0.25) is 4.79 Å². The van der Waals surface area contributed by atoms with Crippen LogP contribution in [0.2, 0.25) is 5.02 Å². The number of benzene rings is 1. The summed E-state index contributed by atoms with van der Waals surface area (Å²) in [6, 6.07) is 4.23. The third kappa shape index (κ3) is 3.93. The molecule has 0 bridgehead atoms. The van der Waals surface area contributed by atoms with Crippen molar-refractivity contribution >= 4 is 39.6 Å². The van der Waals surface area contributed by atoms with Crippen molar-refractivity contribution in [3.63, 3.8) is 0 Å². The molecule has 2 aromatic rings. The Hall–Kier alpha value is -2.84. The molecule has 0 aliphatic carbocycles. The summed E-state index contributed by atoms with van der Waals surface area (Å²) in [5, 5.41) is 14.7. The van der Waals surface area contributed by atoms with Crippen molar-refractivity contribution in [2.24, 2.45) is 0 Å². The van der Waals surface area contributed by atoms with Gasteiger partial charge in [0.05, 0.1) is 16.3 Å². The van der Waals surface area contributed by atoms with Gasteiger partial charge in [0, 0.05) is 18.0 Å². The lowest BCUT2D eigenvalue weighted by atomic mass is 10.0. The number of anilines is 1. The normalized spacial score (nSPS) is 19.1. The van der Waals surface area contributed by atoms with Crippen LogP contribution in [0.1, 0.15) is 19.4 Å². The molecule has 1 aromatic heterocycles. The Morgan fingerprint density at radius 2 is 2.17 bits per heavy atom. The molecule has 5 nitrogen and oxygen atoms in total. The Morgan fingerprint density at radius 1 is 1.47 bits per heavy atom. The van der Waals surface area contributed by atoms with E-state index in [1.54, 1.807) is 31.5 Å². The van der Waals surface area contributed by atoms with E-state index in [1.165, 1.54) is 24.0 Å². The maximum Gasteiger partial charge on any atom is 0.287 e. The van der Waals surface area contributed by atoms with Crippen molar-refractivity contribution in [1.29, 1.82) is 0 Å². The number of rotatable bonds is 4. The Bertz CT molecular complexity index is 1090. The molecule has 0 radical (unpaired) electrons. The fourth-order valence-electron chi connectivity index (χ4n) is 3.15. The van der Waals surface area contributed by atoms with Crippen LogP contribution in [0.5, 0.6) is 0 Å². The molecule has 1 fully saturated rings. The number of thiophene rings is 1. The van der Waals surface area contributed by atoms with Gasteiger partial charge in [0.2, 0.25) is 0 Å². The zero-order chi connectivity index (χ0) is 22.2. The van der Waals surface area contributed by atoms with Gasteiger partial charge in [-0.15, -0.1) is 11.3 Å². The van der Waals surface area contributed by atoms with Crippen LogP contribution in [0.3, 0.4) is 0 Å². The topological polar surface area (TPSA) is 61.8 Å². The first-order valence-corrected chi connectivity index (χ1v) is 10.1. The minimum atomic E-state index is -1.10. The lowest BCUT2D eigenvalue weighted by Crippen LogP contribution is -2.37. The van der Waals surface area contributed by atoms with Gasteiger partial charge in [0.25, 0.3) is 12.1 Å². The number of hydrogen-bond acceptors (Lipinski definition) is 5. The number of likely N-dealkylation sites (N-methyl/N-ethyl adjacent to an activating group) is 1. The van der Waals surface area contributed by atoms with E-state index in [2.05, 4.69) is 11.9 Å². The quantitative estimate of drug-likeness (QED) is 0.553. The lowest BCUT2D eigenvalue weighted by Gasteiger charge is -2.19. The average Bonchev–Trinajstić information content (AvgIpc) is 3.25. The van der Waals surface area contributed by atoms with E-state index in [9.17, 15) is 18.7 Å². The molecule has 1 amide bonds. The second-order valence-electron chi connectivity index (χ2n) is 6.54. The number of hydrogen-bond donors (Lipinski definition) is 2. The van der Waals surface area contributed by atoms with Crippen molar-refractivity contribution in [3.05, 3.63) is 69.9 Å². The number of halogens is 3. The zero-order valence-electron chi connectivity index (χ0n) is 16.4. The van der Waals surface area contributed by atoms with E-state index >= 15 is 0 Å². The highest BCUT2D eigenvalue weighted by Crippen LogP contribution is 2.40. The lowest BCUT2D eigenvalue weighted by molar-refractivity contribution is -0.128. The molecule has 158 valence electrons. The molecule has 2 heterocycles. The molecule has 1 aromatic carbocycles. The van der Waals surface area contributed by atoms with Crippen molar-refractivity contribution < 1.29 is 23.4 Å². The molecule has 1 aliphatic heterocycles. The van der Waals surface area contributed by atoms with Crippen LogP contribution in [0, 0.1) is 5.82 Å². The summed E-state index contributed by atoms with van der Waals surface area (Å²) in [5.41, 5.74) is 1.64. The molecule has 30 heavy (non-hydrogen) atoms. The molecular weight excluding hydrogens is 434 g/mol. The first kappa shape index (κ1) is 21.9. The highest BCUT2D eigenvalue weighted by Gasteiger charge is 2.38. The van der Waals surface area contributed by atoms with Crippen LogP contribution in [-0.2, 0) is 9.53 Å². The maximum absolute atomic E-state index is 13.9. The minimum Gasteiger partial charge on any atom is -0.508 e. The van der Waals surface area contributed by atoms with E-state index in [-0.39, 0.29) is 22.1 Å². The highest BCUT2D eigenvalue weighted by molar-refractivity contribution is 7.15. The molecule has 1 unspecified atom stereocenters. The van der Waals surface area contributed by atoms with Gasteiger partial charge in [0.1, 0.15) is 22.4 Å². The average molecular weight is 453 g/mol. The largest absolute Gasteiger partial charge is 0.508 e. The van der Waals surface area contributed by atoms with E-state index in [0.717, 1.165) is 11.3 Å². The smallest absolute Gasteiger partial charge is 0.287 e. The van der Waals surface area contributed by atoms with Crippen molar-refractivity contribution in [1.82, 2.24) is 4.90 Å². The molecule has 0 spiro atoms. The first-order valence-electron chi connectivity index (χ1n) is 8.84. The first-order chi connectivity index (χ1) is 14.1. The van der Waals surface area contributed by atoms with Crippen LogP contribution in [0.4, 0.5) is 13.8 Å². The number of allylic oxidation sites excluding steroid dienone is 2. The van der Waals surface area contributed by atoms with Crippen molar-refractivity contribution in [2.75, 3.05) is 12.4 Å². The van der Waals surface area contributed by atoms with Gasteiger partial charge in [-0.1, -0.05) is 30.3 Å². The highest BCUT2D eigenvalue weighted by atomic mass is 35.5. The fourth-order valence-corrected chi connectivity index (χ4v) is 4.26. The molecule has 1 atom stereocenters. The predicted octanol–water partition coefficient (Wildman–Crippen LogP) is 6.07. The maximum atomic E-state index is 13.9. The van der Waals surface area contributed by atoms with Crippen LogP contribution >= 0.6 is 22.9 Å². The van der Waals surface area contributed by atoms with Crippen LogP contribution < -0.4 is 5.32 Å². The number of amides is 1. The number of ether oxygens (including phenoxy) is 1. The minimum absolute atomic E-state index is 0.00421. The molecule has 0 saturated carbocycles. The standard InChI is InChI=1S/C21H19ClF2N2O3S/c1-5-16-18(10(2)23)29-21(26(16)4)19(28)25-20-17(11(3)27)13(9-30-20)12-6-7-14(22)15(24)8-12/h5-9,21,27H,3H2,1-2,4H3,(H,25,28)/b16-5+,18-10-. The Labute approximate surface area is 181 Å². The molecule has 9 heteroatoms. The zero-order valence-corrected chi connectivity index (χ0v) is 18.0. The summed E-state index contributed by atoms with van der Waals surface area (Å²) in [7, 11) is 1.61. The van der Waals surface area contributed by atoms with Crippen molar-refractivity contribution in [3.8, 4) is 11.1 Å². The molecule has 1 aliphatic rings. The summed E-state index contributed by atoms with van der Waals surface area (Å²) >= 11 is 6.87. The monoisotopic (exact) mass is 452 g/mol. The van der Waals surface area contributed by atoms with Crippen LogP contribution in [0.25, 0.3) is 16.9 Å². The summed E-state index contributed by atoms with van der Waals surface area (Å²) in [6.45, 7) is 6.51. The van der Waals surface area contributed by atoms with Crippen LogP contribution in [0.15, 0.2) is 53.5 Å². The third-order valence-corrected chi connectivity index (χ3v) is 5.75. The van der Waals surface area contributed by atoms with Gasteiger partial charge >= 0.3 is 0 Å². The molecule has 1 saturated heterocycles. The summed E-state index contributed by atoms with van der Waals surface area (Å²) in [6.07, 6.45) is 0.542. The van der Waals surface area contributed by atoms with E-state index in [1.807, 2.05) is 0 Å². The summed E-state index contributed by atoms with van der Waals surface area (Å²) in [4.78, 5) is 14.3. The Balaban J connectivity index is 1.93. The van der Waals surface area contributed by atoms with Gasteiger partial charge in [-0.05, 0) is 31.5 Å². The van der Waals surface area contributed by atoms with E-state index in [0.29, 0.717) is 21.8 Å². The second-order valence-corrected chi connectivity index (χ2v) is 7.82. The Morgan fingerprint density at radius 3 is 2.70 bits per heavy atom. The number of nitrogens with zero attached hydrogens (tertiary/aromatic N) is 1. The number of nitrogens with one attached hydrogen (secondary N) is 1. The van der Waals surface area contributed by atoms with Gasteiger partial charge in [-0.25, -0.2) is 8.78 Å². The Kier molecular flexibility index (Phi) is 6.19. The van der Waals surface area contributed by atoms with E-state index < -0.39 is 23.8 Å². The van der Waals surface area contributed by atoms with Crippen molar-refractivity contribution in [2.45, 2.75) is 20.1 Å². The molecule has 2 N–H and O–H groups in total. The molecular formula is C21H19ClF2N2O3S. The summed E-state index contributed by atoms with van der Waals surface area (Å²) in [5.74, 6) is -2.02. The third-order valence-electron chi connectivity index (χ3n) is 4.55. The van der Waals surface area contributed by atoms with Crippen LogP contribution in [-0.4, -0.2) is 29.2 Å². The predicted molar refractivity (Wildman–Crippen MR) is 115 cm³/mol. The van der Waals surface area contributed by atoms with Gasteiger partial charge in [0.15, 0.2) is 5.76 Å². The summed E-state index contributed by atoms with van der Waals surface area (Å²) < 4.78 is 33.2. The fraction of sp³-hybridized carbons (Fsp3) is 0.190. The number of aliphatic hydroxyl groups excluding tert-OH is 1. The SMILES string of the molecule is C=C(O)c1c(-c2ccc(Cl)c(F)c2)csc1NC(=O)C1OC(=C(/C)F)/C(=C\C)N1C. The number of aliphatic hydroxyl groups is 1. The van der Waals surface area contributed by atoms with Gasteiger partial charge < -0.3 is 20.1 Å². The second kappa shape index (κ2) is 8.49. The van der Waals surface area contributed by atoms with Gasteiger partial charge in [-0.2, -0.15) is 0 Å².